The molecule has 2 aromatic carbocycles. The molecule has 0 amide bonds. The van der Waals surface area contributed by atoms with Crippen LogP contribution in [0.5, 0.6) is 0 Å². The molecule has 0 bridgehead atoms. The number of benzene rings is 2. The molecule has 0 aliphatic heterocycles. The Bertz CT molecular complexity index is 643. The molecular weight excluding hydrogens is 271 g/mol. The highest BCUT2D eigenvalue weighted by Gasteiger charge is 2.22. The topological polar surface area (TPSA) is 17.1 Å². The van der Waals surface area contributed by atoms with Crippen LogP contribution in [0.15, 0.2) is 36.4 Å². The Morgan fingerprint density at radius 2 is 1.90 bits per heavy atom. The summed E-state index contributed by atoms with van der Waals surface area (Å²) < 4.78 is 25.4. The van der Waals surface area contributed by atoms with Crippen molar-refractivity contribution in [2.45, 2.75) is 38.4 Å². The predicted molar refractivity (Wildman–Crippen MR) is 85.1 cm³/mol. The lowest BCUT2D eigenvalue weighted by atomic mass is 9.96. The molecule has 0 spiro atoms. The van der Waals surface area contributed by atoms with Crippen molar-refractivity contribution in [2.75, 3.05) is 5.75 Å². The van der Waals surface area contributed by atoms with Crippen molar-refractivity contribution in [1.82, 2.24) is 0 Å². The third-order valence-electron chi connectivity index (χ3n) is 3.49. The highest BCUT2D eigenvalue weighted by atomic mass is 32.2. The van der Waals surface area contributed by atoms with Crippen LogP contribution in [0.4, 0.5) is 4.39 Å². The van der Waals surface area contributed by atoms with Gasteiger partial charge in [0.1, 0.15) is 5.82 Å². The first-order chi connectivity index (χ1) is 9.29. The number of rotatable bonds is 3. The minimum absolute atomic E-state index is 0.184. The van der Waals surface area contributed by atoms with Crippen LogP contribution < -0.4 is 0 Å². The molecule has 2 aromatic rings. The fourth-order valence-electron chi connectivity index (χ4n) is 2.28. The SMILES string of the molecule is C[C@@H](C[S@@](=O)C(C)(C)C)c1cccc2cc(F)ccc12. The first-order valence-electron chi connectivity index (χ1n) is 6.85. The molecule has 0 saturated carbocycles. The van der Waals surface area contributed by atoms with Crippen LogP contribution in [-0.4, -0.2) is 14.7 Å². The maximum atomic E-state index is 13.3. The van der Waals surface area contributed by atoms with E-state index in [0.29, 0.717) is 5.75 Å². The monoisotopic (exact) mass is 292 g/mol. The van der Waals surface area contributed by atoms with E-state index in [0.717, 1.165) is 16.3 Å². The predicted octanol–water partition coefficient (Wildman–Crippen LogP) is 4.63. The third kappa shape index (κ3) is 3.26. The molecule has 108 valence electrons. The number of hydrogen-bond acceptors (Lipinski definition) is 1. The molecule has 0 aliphatic rings. The Balaban J connectivity index is 2.35. The Labute approximate surface area is 122 Å². The maximum absolute atomic E-state index is 13.3. The smallest absolute Gasteiger partial charge is 0.123 e. The molecule has 1 nitrogen and oxygen atoms in total. The van der Waals surface area contributed by atoms with E-state index in [9.17, 15) is 8.60 Å². The minimum atomic E-state index is -0.889. The van der Waals surface area contributed by atoms with E-state index in [4.69, 9.17) is 0 Å². The number of hydrogen-bond donors (Lipinski definition) is 0. The minimum Gasteiger partial charge on any atom is -0.259 e. The van der Waals surface area contributed by atoms with Crippen LogP contribution in [0.2, 0.25) is 0 Å². The van der Waals surface area contributed by atoms with Gasteiger partial charge >= 0.3 is 0 Å². The summed E-state index contributed by atoms with van der Waals surface area (Å²) in [5.41, 5.74) is 1.14. The normalized spacial score (nSPS) is 15.2. The second kappa shape index (κ2) is 5.65. The van der Waals surface area contributed by atoms with Crippen LogP contribution in [0.3, 0.4) is 0 Å². The lowest BCUT2D eigenvalue weighted by molar-refractivity contribution is 0.629. The summed E-state index contributed by atoms with van der Waals surface area (Å²) in [6.07, 6.45) is 0. The average molecular weight is 292 g/mol. The standard InChI is InChI=1S/C17H21FOS/c1-12(11-20(19)17(2,3)4)15-7-5-6-13-10-14(18)8-9-16(13)15/h5-10,12H,11H2,1-4H3/t12-,20+/m0/s1. The highest BCUT2D eigenvalue weighted by Crippen LogP contribution is 2.28. The fraction of sp³-hybridized carbons (Fsp3) is 0.412. The molecule has 0 aliphatic carbocycles. The summed E-state index contributed by atoms with van der Waals surface area (Å²) in [5.74, 6) is 0.588. The van der Waals surface area contributed by atoms with Gasteiger partial charge in [-0.3, -0.25) is 4.21 Å². The van der Waals surface area contributed by atoms with Crippen LogP contribution in [0.25, 0.3) is 10.8 Å². The van der Waals surface area contributed by atoms with E-state index in [1.165, 1.54) is 6.07 Å². The first-order valence-corrected chi connectivity index (χ1v) is 8.17. The molecule has 0 unspecified atom stereocenters. The summed E-state index contributed by atoms with van der Waals surface area (Å²) in [5, 5.41) is 1.95. The average Bonchev–Trinajstić information content (AvgIpc) is 2.36. The molecule has 0 radical (unpaired) electrons. The quantitative estimate of drug-likeness (QED) is 0.806. The second-order valence-electron chi connectivity index (χ2n) is 6.24. The van der Waals surface area contributed by atoms with Crippen LogP contribution in [0.1, 0.15) is 39.2 Å². The Kier molecular flexibility index (Phi) is 4.28. The molecule has 0 aromatic heterocycles. The maximum Gasteiger partial charge on any atom is 0.123 e. The van der Waals surface area contributed by atoms with E-state index in [-0.39, 0.29) is 16.5 Å². The summed E-state index contributed by atoms with van der Waals surface area (Å²) in [6, 6.07) is 10.7. The zero-order valence-corrected chi connectivity index (χ0v) is 13.3. The van der Waals surface area contributed by atoms with Crippen LogP contribution in [0, 0.1) is 5.82 Å². The molecule has 2 rings (SSSR count). The van der Waals surface area contributed by atoms with E-state index >= 15 is 0 Å². The van der Waals surface area contributed by atoms with E-state index in [2.05, 4.69) is 6.92 Å². The largest absolute Gasteiger partial charge is 0.259 e. The van der Waals surface area contributed by atoms with Gasteiger partial charge in [0.2, 0.25) is 0 Å². The van der Waals surface area contributed by atoms with Crippen molar-refractivity contribution < 1.29 is 8.60 Å². The van der Waals surface area contributed by atoms with Gasteiger partial charge in [0.25, 0.3) is 0 Å². The van der Waals surface area contributed by atoms with Crippen LogP contribution >= 0.6 is 0 Å². The lowest BCUT2D eigenvalue weighted by Crippen LogP contribution is -2.26. The number of halogens is 1. The van der Waals surface area contributed by atoms with Gasteiger partial charge in [0, 0.05) is 21.3 Å². The van der Waals surface area contributed by atoms with E-state index in [1.54, 1.807) is 6.07 Å². The van der Waals surface area contributed by atoms with Crippen LogP contribution in [-0.2, 0) is 10.8 Å². The van der Waals surface area contributed by atoms with Gasteiger partial charge in [-0.2, -0.15) is 0 Å². The fourth-order valence-corrected chi connectivity index (χ4v) is 3.41. The van der Waals surface area contributed by atoms with Gasteiger partial charge < -0.3 is 0 Å². The third-order valence-corrected chi connectivity index (χ3v) is 5.66. The molecular formula is C17H21FOS. The molecule has 2 atom stereocenters. The van der Waals surface area contributed by atoms with Crippen molar-refractivity contribution in [3.8, 4) is 0 Å². The summed E-state index contributed by atoms with van der Waals surface area (Å²) in [6.45, 7) is 8.07. The van der Waals surface area contributed by atoms with Gasteiger partial charge in [-0.25, -0.2) is 4.39 Å². The number of fused-ring (bicyclic) bond motifs is 1. The van der Waals surface area contributed by atoms with E-state index < -0.39 is 10.8 Å². The molecule has 0 fully saturated rings. The van der Waals surface area contributed by atoms with Gasteiger partial charge in [-0.15, -0.1) is 0 Å². The highest BCUT2D eigenvalue weighted by molar-refractivity contribution is 7.86. The summed E-state index contributed by atoms with van der Waals surface area (Å²) in [7, 11) is -0.889. The Morgan fingerprint density at radius 1 is 1.20 bits per heavy atom. The van der Waals surface area contributed by atoms with Gasteiger partial charge in [-0.05, 0) is 55.2 Å². The first kappa shape index (κ1) is 15.2. The lowest BCUT2D eigenvalue weighted by Gasteiger charge is -2.21. The zero-order chi connectivity index (χ0) is 14.9. The van der Waals surface area contributed by atoms with Crippen molar-refractivity contribution >= 4 is 21.6 Å². The molecule has 0 heterocycles. The second-order valence-corrected chi connectivity index (χ2v) is 8.49. The van der Waals surface area contributed by atoms with Gasteiger partial charge in [0.15, 0.2) is 0 Å². The Morgan fingerprint density at radius 3 is 2.55 bits per heavy atom. The van der Waals surface area contributed by atoms with Crippen molar-refractivity contribution in [3.05, 3.63) is 47.8 Å². The molecule has 3 heteroatoms. The van der Waals surface area contributed by atoms with Gasteiger partial charge in [0.05, 0.1) is 0 Å². The zero-order valence-electron chi connectivity index (χ0n) is 12.4. The van der Waals surface area contributed by atoms with Crippen molar-refractivity contribution in [3.63, 3.8) is 0 Å². The molecule has 20 heavy (non-hydrogen) atoms. The van der Waals surface area contributed by atoms with Crippen molar-refractivity contribution in [2.24, 2.45) is 0 Å². The molecule has 0 saturated heterocycles. The summed E-state index contributed by atoms with van der Waals surface area (Å²) in [4.78, 5) is 0. The summed E-state index contributed by atoms with van der Waals surface area (Å²) >= 11 is 0. The molecule has 0 N–H and O–H groups in total. The van der Waals surface area contributed by atoms with E-state index in [1.807, 2.05) is 45.0 Å². The van der Waals surface area contributed by atoms with Crippen molar-refractivity contribution in [1.29, 1.82) is 0 Å². The Hall–Kier alpha value is -1.22. The van der Waals surface area contributed by atoms with Gasteiger partial charge in [-0.1, -0.05) is 31.2 Å².